The molecule has 25 heavy (non-hydrogen) atoms. The summed E-state index contributed by atoms with van der Waals surface area (Å²) < 4.78 is 0. The molecule has 0 saturated carbocycles. The van der Waals surface area contributed by atoms with E-state index in [-0.39, 0.29) is 12.1 Å². The zero-order valence-corrected chi connectivity index (χ0v) is 14.4. The van der Waals surface area contributed by atoms with Gasteiger partial charge < -0.3 is 5.32 Å². The first-order valence-corrected chi connectivity index (χ1v) is 8.42. The topological polar surface area (TPSA) is 79.8 Å². The molecule has 128 valence electrons. The lowest BCUT2D eigenvalue weighted by Gasteiger charge is -2.13. The number of amides is 2. The van der Waals surface area contributed by atoms with E-state index < -0.39 is 0 Å². The number of hydrogen-bond acceptors (Lipinski definition) is 4. The van der Waals surface area contributed by atoms with Crippen LogP contribution in [0.5, 0.6) is 0 Å². The van der Waals surface area contributed by atoms with Crippen LogP contribution in [0, 0.1) is 0 Å². The minimum atomic E-state index is -0.264. The molecule has 0 aliphatic carbocycles. The van der Waals surface area contributed by atoms with Gasteiger partial charge in [-0.05, 0) is 25.5 Å². The van der Waals surface area contributed by atoms with Crippen molar-refractivity contribution in [3.63, 3.8) is 0 Å². The number of hydrogen-bond donors (Lipinski definition) is 2. The number of nitrogens with zero attached hydrogens (tertiary/aromatic N) is 3. The number of nitrogens with one attached hydrogen (secondary N) is 2. The van der Waals surface area contributed by atoms with Gasteiger partial charge in [0, 0.05) is 11.6 Å². The quantitative estimate of drug-likeness (QED) is 0.738. The van der Waals surface area contributed by atoms with Crippen LogP contribution >= 0.6 is 0 Å². The fourth-order valence-corrected chi connectivity index (χ4v) is 2.60. The Bertz CT molecular complexity index is 866. The Labute approximate surface area is 146 Å². The highest BCUT2D eigenvalue weighted by atomic mass is 16.2. The van der Waals surface area contributed by atoms with Crippen molar-refractivity contribution in [3.8, 4) is 11.3 Å². The van der Waals surface area contributed by atoms with E-state index in [9.17, 15) is 4.79 Å². The third kappa shape index (κ3) is 4.29. The number of benzene rings is 1. The van der Waals surface area contributed by atoms with Gasteiger partial charge in [0.15, 0.2) is 5.65 Å². The maximum absolute atomic E-state index is 12.0. The van der Waals surface area contributed by atoms with Crippen LogP contribution in [-0.2, 0) is 0 Å². The number of carbonyl (C=O) groups is 1. The van der Waals surface area contributed by atoms with Gasteiger partial charge >= 0.3 is 6.03 Å². The molecule has 0 radical (unpaired) electrons. The van der Waals surface area contributed by atoms with Crippen molar-refractivity contribution in [1.29, 1.82) is 0 Å². The van der Waals surface area contributed by atoms with Gasteiger partial charge in [0.1, 0.15) is 11.3 Å². The molecule has 2 heterocycles. The summed E-state index contributed by atoms with van der Waals surface area (Å²) in [5.41, 5.74) is 2.91. The van der Waals surface area contributed by atoms with Crippen molar-refractivity contribution in [3.05, 3.63) is 48.7 Å². The lowest BCUT2D eigenvalue weighted by molar-refractivity contribution is 0.248. The summed E-state index contributed by atoms with van der Waals surface area (Å²) in [5.74, 6) is 0.452. The summed E-state index contributed by atoms with van der Waals surface area (Å²) in [4.78, 5) is 25.4. The van der Waals surface area contributed by atoms with E-state index in [1.165, 1.54) is 0 Å². The Kier molecular flexibility index (Phi) is 5.18. The highest BCUT2D eigenvalue weighted by Gasteiger charge is 2.09. The van der Waals surface area contributed by atoms with E-state index in [0.29, 0.717) is 17.0 Å². The Morgan fingerprint density at radius 2 is 1.92 bits per heavy atom. The summed E-state index contributed by atoms with van der Waals surface area (Å²) in [7, 11) is 0. The van der Waals surface area contributed by atoms with Crippen LogP contribution in [0.25, 0.3) is 22.4 Å². The molecule has 2 aromatic heterocycles. The SMILES string of the molecule is CCCC(C)NC(=O)Nc1ccc2ncc(-c3ccccc3)nc2n1. The first kappa shape index (κ1) is 16.8. The van der Waals surface area contributed by atoms with Crippen molar-refractivity contribution in [1.82, 2.24) is 20.3 Å². The Balaban J connectivity index is 1.80. The number of pyridine rings is 1. The smallest absolute Gasteiger partial charge is 0.320 e. The minimum absolute atomic E-state index is 0.120. The van der Waals surface area contributed by atoms with E-state index >= 15 is 0 Å². The summed E-state index contributed by atoms with van der Waals surface area (Å²) >= 11 is 0. The van der Waals surface area contributed by atoms with Crippen LogP contribution in [0.2, 0.25) is 0 Å². The summed E-state index contributed by atoms with van der Waals surface area (Å²) in [5, 5.41) is 5.64. The predicted molar refractivity (Wildman–Crippen MR) is 99.3 cm³/mol. The lowest BCUT2D eigenvalue weighted by Crippen LogP contribution is -2.36. The molecule has 6 nitrogen and oxygen atoms in total. The van der Waals surface area contributed by atoms with Gasteiger partial charge in [-0.15, -0.1) is 0 Å². The van der Waals surface area contributed by atoms with Gasteiger partial charge in [-0.25, -0.2) is 14.8 Å². The second kappa shape index (κ2) is 7.70. The Morgan fingerprint density at radius 3 is 2.68 bits per heavy atom. The van der Waals surface area contributed by atoms with Gasteiger partial charge in [-0.2, -0.15) is 0 Å². The minimum Gasteiger partial charge on any atom is -0.335 e. The molecule has 0 saturated heterocycles. The average molecular weight is 335 g/mol. The molecule has 3 rings (SSSR count). The van der Waals surface area contributed by atoms with Gasteiger partial charge in [0.2, 0.25) is 0 Å². The van der Waals surface area contributed by atoms with Crippen LogP contribution in [0.3, 0.4) is 0 Å². The van der Waals surface area contributed by atoms with Gasteiger partial charge in [0.05, 0.1) is 11.9 Å². The van der Waals surface area contributed by atoms with Gasteiger partial charge in [-0.3, -0.25) is 10.3 Å². The molecule has 0 fully saturated rings. The largest absolute Gasteiger partial charge is 0.335 e. The Hall–Kier alpha value is -3.02. The van der Waals surface area contributed by atoms with E-state index in [0.717, 1.165) is 24.1 Å². The van der Waals surface area contributed by atoms with Crippen molar-refractivity contribution >= 4 is 23.0 Å². The van der Waals surface area contributed by atoms with Crippen molar-refractivity contribution in [2.24, 2.45) is 0 Å². The Morgan fingerprint density at radius 1 is 1.12 bits per heavy atom. The molecule has 0 spiro atoms. The van der Waals surface area contributed by atoms with E-state index in [4.69, 9.17) is 0 Å². The molecule has 2 N–H and O–H groups in total. The molecule has 0 aliphatic heterocycles. The van der Waals surface area contributed by atoms with Crippen LogP contribution in [0.4, 0.5) is 10.6 Å². The van der Waals surface area contributed by atoms with Crippen molar-refractivity contribution in [2.75, 3.05) is 5.32 Å². The van der Waals surface area contributed by atoms with E-state index in [1.54, 1.807) is 18.3 Å². The standard InChI is InChI=1S/C19H21N5O/c1-3-7-13(2)21-19(25)24-17-11-10-15-18(23-17)22-16(12-20-15)14-8-5-4-6-9-14/h4-6,8-13H,3,7H2,1-2H3,(H2,21,22,23,24,25). The summed E-state index contributed by atoms with van der Waals surface area (Å²) in [6.07, 6.45) is 3.68. The third-order valence-electron chi connectivity index (χ3n) is 3.82. The molecular weight excluding hydrogens is 314 g/mol. The first-order valence-electron chi connectivity index (χ1n) is 8.42. The highest BCUT2D eigenvalue weighted by molar-refractivity contribution is 5.89. The molecule has 1 atom stereocenters. The van der Waals surface area contributed by atoms with E-state index in [2.05, 4.69) is 32.5 Å². The summed E-state index contributed by atoms with van der Waals surface area (Å²) in [6, 6.07) is 13.2. The zero-order valence-electron chi connectivity index (χ0n) is 14.4. The number of carbonyl (C=O) groups excluding carboxylic acids is 1. The van der Waals surface area contributed by atoms with Crippen LogP contribution in [0.15, 0.2) is 48.7 Å². The molecular formula is C19H21N5O. The second-order valence-electron chi connectivity index (χ2n) is 5.95. The van der Waals surface area contributed by atoms with Crippen molar-refractivity contribution in [2.45, 2.75) is 32.7 Å². The van der Waals surface area contributed by atoms with Crippen LogP contribution < -0.4 is 10.6 Å². The molecule has 3 aromatic rings. The monoisotopic (exact) mass is 335 g/mol. The number of anilines is 1. The van der Waals surface area contributed by atoms with Gasteiger partial charge in [-0.1, -0.05) is 43.7 Å². The number of aromatic nitrogens is 3. The molecule has 2 amide bonds. The zero-order chi connectivity index (χ0) is 17.6. The lowest BCUT2D eigenvalue weighted by atomic mass is 10.2. The molecule has 1 aromatic carbocycles. The fraction of sp³-hybridized carbons (Fsp3) is 0.263. The molecule has 1 unspecified atom stereocenters. The summed E-state index contributed by atoms with van der Waals surface area (Å²) in [6.45, 7) is 4.07. The first-order chi connectivity index (χ1) is 12.2. The predicted octanol–water partition coefficient (Wildman–Crippen LogP) is 4.00. The maximum atomic E-state index is 12.0. The normalized spacial score (nSPS) is 11.9. The van der Waals surface area contributed by atoms with Crippen LogP contribution in [0.1, 0.15) is 26.7 Å². The molecule has 6 heteroatoms. The second-order valence-corrected chi connectivity index (χ2v) is 5.95. The van der Waals surface area contributed by atoms with Gasteiger partial charge in [0.25, 0.3) is 0 Å². The number of fused-ring (bicyclic) bond motifs is 1. The van der Waals surface area contributed by atoms with E-state index in [1.807, 2.05) is 37.3 Å². The maximum Gasteiger partial charge on any atom is 0.320 e. The van der Waals surface area contributed by atoms with Crippen LogP contribution in [-0.4, -0.2) is 27.0 Å². The van der Waals surface area contributed by atoms with Crippen molar-refractivity contribution < 1.29 is 4.79 Å². The fourth-order valence-electron chi connectivity index (χ4n) is 2.60. The number of urea groups is 1. The molecule has 0 bridgehead atoms. The third-order valence-corrected chi connectivity index (χ3v) is 3.82. The molecule has 0 aliphatic rings. The average Bonchev–Trinajstić information content (AvgIpc) is 2.62. The highest BCUT2D eigenvalue weighted by Crippen LogP contribution is 2.19. The number of rotatable bonds is 5.